The summed E-state index contributed by atoms with van der Waals surface area (Å²) in [5.41, 5.74) is 8.13. The lowest BCUT2D eigenvalue weighted by molar-refractivity contribution is 0.850. The van der Waals surface area contributed by atoms with Gasteiger partial charge in [0.05, 0.1) is 6.54 Å². The van der Waals surface area contributed by atoms with Gasteiger partial charge in [0, 0.05) is 33.0 Å². The van der Waals surface area contributed by atoms with Gasteiger partial charge in [-0.1, -0.05) is 12.1 Å². The number of hydrogen-bond acceptors (Lipinski definition) is 2. The molecule has 18 heavy (non-hydrogen) atoms. The van der Waals surface area contributed by atoms with E-state index in [1.807, 2.05) is 0 Å². The van der Waals surface area contributed by atoms with E-state index in [-0.39, 0.29) is 0 Å². The van der Waals surface area contributed by atoms with Crippen LogP contribution in [0.3, 0.4) is 0 Å². The van der Waals surface area contributed by atoms with Crippen molar-refractivity contribution >= 4 is 38.2 Å². The van der Waals surface area contributed by atoms with E-state index in [1.54, 1.807) is 11.3 Å². The van der Waals surface area contributed by atoms with Crippen LogP contribution >= 0.6 is 27.3 Å². The second-order valence-electron chi connectivity index (χ2n) is 4.27. The summed E-state index contributed by atoms with van der Waals surface area (Å²) < 4.78 is 3.42. The molecule has 0 saturated heterocycles. The van der Waals surface area contributed by atoms with Gasteiger partial charge >= 0.3 is 0 Å². The van der Waals surface area contributed by atoms with Crippen LogP contribution in [0.15, 0.2) is 46.4 Å². The quantitative estimate of drug-likeness (QED) is 0.777. The number of benzene rings is 1. The van der Waals surface area contributed by atoms with E-state index in [1.165, 1.54) is 21.3 Å². The third-order valence-corrected chi connectivity index (χ3v) is 4.70. The van der Waals surface area contributed by atoms with Crippen molar-refractivity contribution in [3.05, 3.63) is 56.8 Å². The Morgan fingerprint density at radius 3 is 2.83 bits per heavy atom. The van der Waals surface area contributed by atoms with E-state index >= 15 is 0 Å². The Bertz CT molecular complexity index is 684. The zero-order valence-electron chi connectivity index (χ0n) is 9.77. The highest BCUT2D eigenvalue weighted by Crippen LogP contribution is 2.23. The Labute approximate surface area is 118 Å². The molecule has 0 fully saturated rings. The largest absolute Gasteiger partial charge is 0.342 e. The number of hydrogen-bond donors (Lipinski definition) is 1. The number of thiophene rings is 1. The standard InChI is InChI=1S/C14H13BrN2S/c15-12-6-13(18-9-12)8-17-4-3-11-2-1-10(7-16)5-14(11)17/h1-6,9H,7-8,16H2. The average molecular weight is 321 g/mol. The van der Waals surface area contributed by atoms with Crippen LogP contribution in [-0.4, -0.2) is 4.57 Å². The van der Waals surface area contributed by atoms with Crippen molar-refractivity contribution in [2.45, 2.75) is 13.1 Å². The zero-order chi connectivity index (χ0) is 12.5. The first-order chi connectivity index (χ1) is 8.76. The van der Waals surface area contributed by atoms with Crippen molar-refractivity contribution in [1.29, 1.82) is 0 Å². The Balaban J connectivity index is 2.01. The van der Waals surface area contributed by atoms with Crippen LogP contribution in [0.5, 0.6) is 0 Å². The summed E-state index contributed by atoms with van der Waals surface area (Å²) in [4.78, 5) is 1.34. The molecule has 0 radical (unpaired) electrons. The van der Waals surface area contributed by atoms with Crippen molar-refractivity contribution in [3.63, 3.8) is 0 Å². The van der Waals surface area contributed by atoms with Crippen molar-refractivity contribution in [3.8, 4) is 0 Å². The van der Waals surface area contributed by atoms with Crippen LogP contribution in [0.4, 0.5) is 0 Å². The molecule has 0 amide bonds. The van der Waals surface area contributed by atoms with Crippen LogP contribution in [0.2, 0.25) is 0 Å². The van der Waals surface area contributed by atoms with Gasteiger partial charge in [-0.3, -0.25) is 0 Å². The molecule has 2 N–H and O–H groups in total. The van der Waals surface area contributed by atoms with Gasteiger partial charge in [0.15, 0.2) is 0 Å². The fourth-order valence-corrected chi connectivity index (χ4v) is 3.55. The molecule has 0 atom stereocenters. The van der Waals surface area contributed by atoms with E-state index in [4.69, 9.17) is 5.73 Å². The second kappa shape index (κ2) is 4.88. The highest BCUT2D eigenvalue weighted by Gasteiger charge is 2.04. The topological polar surface area (TPSA) is 30.9 Å². The summed E-state index contributed by atoms with van der Waals surface area (Å²) in [5, 5.41) is 3.38. The number of aromatic nitrogens is 1. The number of fused-ring (bicyclic) bond motifs is 1. The lowest BCUT2D eigenvalue weighted by Crippen LogP contribution is -1.98. The van der Waals surface area contributed by atoms with Crippen LogP contribution in [-0.2, 0) is 13.1 Å². The van der Waals surface area contributed by atoms with Crippen molar-refractivity contribution < 1.29 is 0 Å². The highest BCUT2D eigenvalue weighted by atomic mass is 79.9. The molecule has 0 aliphatic carbocycles. The molecular formula is C14H13BrN2S. The molecule has 3 aromatic rings. The van der Waals surface area contributed by atoms with Crippen LogP contribution in [0.25, 0.3) is 10.9 Å². The summed E-state index contributed by atoms with van der Waals surface area (Å²) in [6, 6.07) is 10.7. The van der Waals surface area contributed by atoms with E-state index in [9.17, 15) is 0 Å². The lowest BCUT2D eigenvalue weighted by atomic mass is 10.1. The van der Waals surface area contributed by atoms with E-state index in [0.29, 0.717) is 6.54 Å². The molecule has 2 heterocycles. The maximum absolute atomic E-state index is 5.70. The van der Waals surface area contributed by atoms with Gasteiger partial charge in [0.1, 0.15) is 0 Å². The van der Waals surface area contributed by atoms with Gasteiger partial charge in [-0.25, -0.2) is 0 Å². The number of nitrogens with two attached hydrogens (primary N) is 1. The monoisotopic (exact) mass is 320 g/mol. The van der Waals surface area contributed by atoms with Crippen molar-refractivity contribution in [2.75, 3.05) is 0 Å². The summed E-state index contributed by atoms with van der Waals surface area (Å²) in [6.45, 7) is 1.50. The molecule has 1 aromatic carbocycles. The number of rotatable bonds is 3. The van der Waals surface area contributed by atoms with Crippen LogP contribution < -0.4 is 5.73 Å². The molecule has 0 bridgehead atoms. The maximum Gasteiger partial charge on any atom is 0.0569 e. The fraction of sp³-hybridized carbons (Fsp3) is 0.143. The van der Waals surface area contributed by atoms with Crippen LogP contribution in [0, 0.1) is 0 Å². The number of halogens is 1. The first-order valence-corrected chi connectivity index (χ1v) is 7.44. The van der Waals surface area contributed by atoms with E-state index < -0.39 is 0 Å². The molecule has 0 saturated carbocycles. The maximum atomic E-state index is 5.70. The van der Waals surface area contributed by atoms with Crippen molar-refractivity contribution in [1.82, 2.24) is 4.57 Å². The van der Waals surface area contributed by atoms with Gasteiger partial charge in [-0.05, 0) is 45.1 Å². The minimum atomic E-state index is 0.589. The molecule has 0 aliphatic rings. The molecule has 0 unspecified atom stereocenters. The predicted molar refractivity (Wildman–Crippen MR) is 81.0 cm³/mol. The molecule has 92 valence electrons. The van der Waals surface area contributed by atoms with Gasteiger partial charge in [-0.2, -0.15) is 0 Å². The Kier molecular flexibility index (Phi) is 3.24. The molecule has 3 rings (SSSR count). The van der Waals surface area contributed by atoms with Gasteiger partial charge < -0.3 is 10.3 Å². The first kappa shape index (κ1) is 12.0. The predicted octanol–water partition coefficient (Wildman–Crippen LogP) is 3.97. The van der Waals surface area contributed by atoms with Crippen molar-refractivity contribution in [2.24, 2.45) is 5.73 Å². The van der Waals surface area contributed by atoms with Crippen LogP contribution in [0.1, 0.15) is 10.4 Å². The minimum absolute atomic E-state index is 0.589. The fourth-order valence-electron chi connectivity index (χ4n) is 2.10. The third kappa shape index (κ3) is 2.23. The van der Waals surface area contributed by atoms with Gasteiger partial charge in [-0.15, -0.1) is 11.3 Å². The van der Waals surface area contributed by atoms with Gasteiger partial charge in [0.25, 0.3) is 0 Å². The second-order valence-corrected chi connectivity index (χ2v) is 6.18. The van der Waals surface area contributed by atoms with E-state index in [0.717, 1.165) is 11.0 Å². The number of nitrogens with zero attached hydrogens (tertiary/aromatic N) is 1. The van der Waals surface area contributed by atoms with E-state index in [2.05, 4.69) is 62.4 Å². The molecule has 0 aliphatic heterocycles. The summed E-state index contributed by atoms with van der Waals surface area (Å²) in [6.07, 6.45) is 2.14. The summed E-state index contributed by atoms with van der Waals surface area (Å²) in [5.74, 6) is 0. The Morgan fingerprint density at radius 2 is 2.11 bits per heavy atom. The van der Waals surface area contributed by atoms with Gasteiger partial charge in [0.2, 0.25) is 0 Å². The highest BCUT2D eigenvalue weighted by molar-refractivity contribution is 9.10. The molecule has 0 spiro atoms. The zero-order valence-corrected chi connectivity index (χ0v) is 12.2. The summed E-state index contributed by atoms with van der Waals surface area (Å²) >= 11 is 5.27. The molecular weight excluding hydrogens is 308 g/mol. The average Bonchev–Trinajstić information content (AvgIpc) is 2.96. The summed E-state index contributed by atoms with van der Waals surface area (Å²) in [7, 11) is 0. The minimum Gasteiger partial charge on any atom is -0.342 e. The third-order valence-electron chi connectivity index (χ3n) is 3.02. The molecule has 2 aromatic heterocycles. The molecule has 4 heteroatoms. The lowest BCUT2D eigenvalue weighted by Gasteiger charge is -2.04. The Hall–Kier alpha value is -1.10. The Morgan fingerprint density at radius 1 is 1.22 bits per heavy atom. The normalized spacial score (nSPS) is 11.2. The first-order valence-electron chi connectivity index (χ1n) is 5.77. The molecule has 2 nitrogen and oxygen atoms in total. The smallest absolute Gasteiger partial charge is 0.0569 e. The SMILES string of the molecule is NCc1ccc2ccn(Cc3cc(Br)cs3)c2c1.